The largest absolute Gasteiger partial charge is 0.393 e. The molecule has 0 unspecified atom stereocenters. The van der Waals surface area contributed by atoms with Crippen molar-refractivity contribution in [1.82, 2.24) is 15.0 Å². The summed E-state index contributed by atoms with van der Waals surface area (Å²) in [7, 11) is 0. The van der Waals surface area contributed by atoms with E-state index in [9.17, 15) is 9.50 Å². The summed E-state index contributed by atoms with van der Waals surface area (Å²) in [6.45, 7) is 1.78. The zero-order valence-electron chi connectivity index (χ0n) is 13.3. The first-order valence-corrected chi connectivity index (χ1v) is 8.86. The van der Waals surface area contributed by atoms with Crippen molar-refractivity contribution in [3.8, 4) is 0 Å². The summed E-state index contributed by atoms with van der Waals surface area (Å²) in [5, 5.41) is 13.0. The molecule has 0 bridgehead atoms. The van der Waals surface area contributed by atoms with Gasteiger partial charge in [0, 0.05) is 5.75 Å². The van der Waals surface area contributed by atoms with Crippen LogP contribution in [-0.2, 0) is 5.75 Å². The third-order valence-corrected chi connectivity index (χ3v) is 4.67. The van der Waals surface area contributed by atoms with E-state index in [-0.39, 0.29) is 23.6 Å². The number of imidazole rings is 1. The number of H-pyrrole nitrogens is 2. The first-order chi connectivity index (χ1) is 12.0. The van der Waals surface area contributed by atoms with Gasteiger partial charge in [0.2, 0.25) is 11.8 Å². The number of aliphatic hydroxyl groups is 1. The molecule has 2 aromatic heterocycles. The van der Waals surface area contributed by atoms with Crippen LogP contribution in [0.3, 0.4) is 0 Å². The number of fused-ring (bicyclic) bond motifs is 1. The lowest BCUT2D eigenvalue weighted by Crippen LogP contribution is -2.26. The third kappa shape index (κ3) is 3.94. The van der Waals surface area contributed by atoms with Crippen molar-refractivity contribution in [1.29, 1.82) is 0 Å². The Balaban J connectivity index is 1.89. The molecule has 0 amide bonds. The molecular formula is C15H17ClFN6OS+. The highest BCUT2D eigenvalue weighted by molar-refractivity contribution is 7.98. The molecule has 0 aliphatic rings. The van der Waals surface area contributed by atoms with Gasteiger partial charge in [0.05, 0.1) is 17.7 Å². The van der Waals surface area contributed by atoms with Gasteiger partial charge in [-0.25, -0.2) is 9.37 Å². The number of aromatic nitrogens is 4. The van der Waals surface area contributed by atoms with Gasteiger partial charge in [0.25, 0.3) is 10.8 Å². The molecule has 10 heteroatoms. The Bertz CT molecular complexity index is 905. The van der Waals surface area contributed by atoms with Crippen LogP contribution in [0.4, 0.5) is 16.2 Å². The zero-order valence-corrected chi connectivity index (χ0v) is 14.9. The van der Waals surface area contributed by atoms with Gasteiger partial charge in [0.1, 0.15) is 5.82 Å². The van der Waals surface area contributed by atoms with Crippen molar-refractivity contribution < 1.29 is 14.5 Å². The molecule has 3 rings (SSSR count). The Morgan fingerprint density at radius 1 is 1.48 bits per heavy atom. The lowest BCUT2D eigenvalue weighted by atomic mass is 10.2. The van der Waals surface area contributed by atoms with Crippen LogP contribution in [-0.4, -0.2) is 32.7 Å². The van der Waals surface area contributed by atoms with Crippen molar-refractivity contribution in [3.05, 3.63) is 34.6 Å². The van der Waals surface area contributed by atoms with E-state index >= 15 is 0 Å². The second kappa shape index (κ2) is 7.42. The van der Waals surface area contributed by atoms with Crippen LogP contribution in [0.1, 0.15) is 12.5 Å². The van der Waals surface area contributed by atoms with Gasteiger partial charge in [0.15, 0.2) is 5.52 Å². The average molecular weight is 384 g/mol. The monoisotopic (exact) mass is 383 g/mol. The molecule has 25 heavy (non-hydrogen) atoms. The Labute approximate surface area is 152 Å². The van der Waals surface area contributed by atoms with E-state index in [2.05, 4.69) is 25.3 Å². The maximum atomic E-state index is 14.0. The summed E-state index contributed by atoms with van der Waals surface area (Å²) >= 11 is 7.11. The number of anilines is 2. The normalized spacial score (nSPS) is 12.5. The molecule has 0 spiro atoms. The van der Waals surface area contributed by atoms with Gasteiger partial charge in [-0.15, -0.1) is 0 Å². The van der Waals surface area contributed by atoms with Crippen molar-refractivity contribution in [2.75, 3.05) is 17.7 Å². The average Bonchev–Trinajstić information content (AvgIpc) is 2.96. The van der Waals surface area contributed by atoms with Gasteiger partial charge in [-0.1, -0.05) is 28.7 Å². The smallest absolute Gasteiger partial charge is 0.299 e. The molecule has 0 saturated heterocycles. The summed E-state index contributed by atoms with van der Waals surface area (Å²) in [5.74, 6) is 0.744. The highest BCUT2D eigenvalue weighted by atomic mass is 35.5. The summed E-state index contributed by atoms with van der Waals surface area (Å²) in [4.78, 5) is 14.6. The Morgan fingerprint density at radius 3 is 3.04 bits per heavy atom. The van der Waals surface area contributed by atoms with Crippen molar-refractivity contribution >= 4 is 46.3 Å². The van der Waals surface area contributed by atoms with Crippen molar-refractivity contribution in [2.24, 2.45) is 0 Å². The molecule has 0 aliphatic carbocycles. The standard InChI is InChI=1S/C15H16ClFN6OS/c1-7(5-24)19-12-11-13(21-14(18)20-11)23-15(22-12)25-6-8-3-2-4-9(16)10(8)17/h2-4,7,24H,5-6H2,1H3,(H4,18,19,20,21,22,23)/p+1/t7-/m1/s1. The van der Waals surface area contributed by atoms with Crippen LogP contribution in [0.25, 0.3) is 11.2 Å². The van der Waals surface area contributed by atoms with Gasteiger partial charge in [-0.2, -0.15) is 4.98 Å². The fourth-order valence-electron chi connectivity index (χ4n) is 2.21. The quantitative estimate of drug-likeness (QED) is 0.383. The van der Waals surface area contributed by atoms with E-state index in [0.717, 1.165) is 0 Å². The predicted octanol–water partition coefficient (Wildman–Crippen LogP) is 2.23. The summed E-state index contributed by atoms with van der Waals surface area (Å²) in [6, 6.07) is 4.69. The minimum atomic E-state index is -0.436. The topological polar surface area (TPSA) is 114 Å². The Morgan fingerprint density at radius 2 is 2.28 bits per heavy atom. The number of nitrogens with one attached hydrogen (secondary N) is 3. The van der Waals surface area contributed by atoms with Crippen molar-refractivity contribution in [3.63, 3.8) is 0 Å². The molecule has 3 aromatic rings. The van der Waals surface area contributed by atoms with E-state index in [1.165, 1.54) is 17.8 Å². The van der Waals surface area contributed by atoms with E-state index < -0.39 is 5.82 Å². The van der Waals surface area contributed by atoms with E-state index in [1.54, 1.807) is 12.1 Å². The maximum Gasteiger partial charge on any atom is 0.299 e. The van der Waals surface area contributed by atoms with Gasteiger partial charge in [-0.05, 0) is 30.3 Å². The van der Waals surface area contributed by atoms with Crippen LogP contribution in [0.5, 0.6) is 0 Å². The van der Waals surface area contributed by atoms with Gasteiger partial charge < -0.3 is 15.8 Å². The molecule has 0 saturated carbocycles. The molecule has 1 aromatic carbocycles. The van der Waals surface area contributed by atoms with Crippen LogP contribution < -0.4 is 16.0 Å². The molecule has 2 heterocycles. The maximum absolute atomic E-state index is 14.0. The molecule has 1 atom stereocenters. The van der Waals surface area contributed by atoms with E-state index in [1.807, 2.05) is 6.92 Å². The number of thioether (sulfide) groups is 1. The van der Waals surface area contributed by atoms with Crippen LogP contribution in [0, 0.1) is 5.82 Å². The number of nitrogen functional groups attached to an aromatic ring is 1. The number of nitrogens with zero attached hydrogens (tertiary/aromatic N) is 2. The minimum absolute atomic E-state index is 0.0442. The number of hydrogen-bond donors (Lipinski definition) is 4. The highest BCUT2D eigenvalue weighted by Gasteiger charge is 2.20. The third-order valence-electron chi connectivity index (χ3n) is 3.45. The second-order valence-corrected chi connectivity index (χ2v) is 6.84. The minimum Gasteiger partial charge on any atom is -0.393 e. The number of aliphatic hydroxyl groups excluding tert-OH is 1. The van der Waals surface area contributed by atoms with Gasteiger partial charge in [-0.3, -0.25) is 5.32 Å². The fourth-order valence-corrected chi connectivity index (χ4v) is 3.24. The summed E-state index contributed by atoms with van der Waals surface area (Å²) < 4.78 is 14.0. The number of halogens is 2. The number of aromatic amines is 2. The highest BCUT2D eigenvalue weighted by Crippen LogP contribution is 2.26. The van der Waals surface area contributed by atoms with Crippen LogP contribution >= 0.6 is 23.4 Å². The van der Waals surface area contributed by atoms with Crippen molar-refractivity contribution in [2.45, 2.75) is 23.9 Å². The first-order valence-electron chi connectivity index (χ1n) is 7.49. The first kappa shape index (κ1) is 17.7. The molecule has 6 N–H and O–H groups in total. The molecule has 132 valence electrons. The number of hydrogen-bond acceptors (Lipinski definition) is 6. The lowest BCUT2D eigenvalue weighted by molar-refractivity contribution is -0.416. The Kier molecular flexibility index (Phi) is 5.26. The summed E-state index contributed by atoms with van der Waals surface area (Å²) in [5.41, 5.74) is 7.22. The molecular weight excluding hydrogens is 367 g/mol. The van der Waals surface area contributed by atoms with Gasteiger partial charge >= 0.3 is 0 Å². The zero-order chi connectivity index (χ0) is 18.0. The van der Waals surface area contributed by atoms with E-state index in [4.69, 9.17) is 17.3 Å². The second-order valence-electron chi connectivity index (χ2n) is 5.47. The van der Waals surface area contributed by atoms with Crippen LogP contribution in [0.15, 0.2) is 23.4 Å². The van der Waals surface area contributed by atoms with Crippen LogP contribution in [0.2, 0.25) is 5.02 Å². The predicted molar refractivity (Wildman–Crippen MR) is 96.0 cm³/mol. The fraction of sp³-hybridized carbons (Fsp3) is 0.267. The number of benzene rings is 1. The molecule has 0 fully saturated rings. The molecule has 0 radical (unpaired) electrons. The number of nitrogens with two attached hydrogens (primary N) is 1. The molecule has 0 aliphatic heterocycles. The molecule has 7 nitrogen and oxygen atoms in total. The Hall–Kier alpha value is -2.10. The lowest BCUT2D eigenvalue weighted by Gasteiger charge is -2.08. The van der Waals surface area contributed by atoms with E-state index in [0.29, 0.717) is 33.5 Å². The summed E-state index contributed by atoms with van der Waals surface area (Å²) in [6.07, 6.45) is 0. The SMILES string of the molecule is C[C@H](CO)Nc1[nH+]c(SCc2cccc(Cl)c2F)nc2nc(N)[nH]c12. The number of rotatable bonds is 6.